The topological polar surface area (TPSA) is 29.9 Å². The zero-order valence-corrected chi connectivity index (χ0v) is 8.75. The molecule has 0 bridgehead atoms. The highest BCUT2D eigenvalue weighted by molar-refractivity contribution is 4.98. The molecule has 0 spiro atoms. The predicted molar refractivity (Wildman–Crippen MR) is 54.6 cm³/mol. The monoisotopic (exact) mass is 181 g/mol. The first-order chi connectivity index (χ1) is 6.33. The summed E-state index contributed by atoms with van der Waals surface area (Å²) in [6, 6.07) is 0.390. The van der Waals surface area contributed by atoms with Crippen LogP contribution in [0.15, 0.2) is 12.4 Å². The van der Waals surface area contributed by atoms with Gasteiger partial charge >= 0.3 is 0 Å². The molecular weight excluding hydrogens is 162 g/mol. The van der Waals surface area contributed by atoms with E-state index in [-0.39, 0.29) is 0 Å². The second-order valence-electron chi connectivity index (χ2n) is 3.23. The van der Waals surface area contributed by atoms with Crippen molar-refractivity contribution in [2.75, 3.05) is 7.05 Å². The van der Waals surface area contributed by atoms with Gasteiger partial charge in [-0.15, -0.1) is 0 Å². The van der Waals surface area contributed by atoms with Crippen LogP contribution < -0.4 is 5.32 Å². The zero-order chi connectivity index (χ0) is 9.68. The van der Waals surface area contributed by atoms with E-state index in [1.807, 2.05) is 13.2 Å². The Hall–Kier alpha value is -0.830. The standard InChI is InChI=1S/C10H19N3/c1-4-7-13-8-6-12-10(13)9(5-2)11-3/h6,8-9,11H,4-5,7H2,1-3H3. The highest BCUT2D eigenvalue weighted by Gasteiger charge is 2.11. The molecule has 1 aromatic rings. The Kier molecular flexibility index (Phi) is 3.96. The lowest BCUT2D eigenvalue weighted by molar-refractivity contribution is 0.503. The maximum atomic E-state index is 4.38. The van der Waals surface area contributed by atoms with Crippen molar-refractivity contribution in [3.8, 4) is 0 Å². The van der Waals surface area contributed by atoms with Crippen LogP contribution in [-0.4, -0.2) is 16.6 Å². The second kappa shape index (κ2) is 5.02. The molecule has 0 radical (unpaired) electrons. The molecular formula is C10H19N3. The van der Waals surface area contributed by atoms with Crippen LogP contribution in [0.3, 0.4) is 0 Å². The molecule has 1 N–H and O–H groups in total. The summed E-state index contributed by atoms with van der Waals surface area (Å²) < 4.78 is 2.23. The van der Waals surface area contributed by atoms with Crippen molar-refractivity contribution in [1.29, 1.82) is 0 Å². The molecule has 1 heterocycles. The van der Waals surface area contributed by atoms with Crippen molar-refractivity contribution in [1.82, 2.24) is 14.9 Å². The van der Waals surface area contributed by atoms with Crippen LogP contribution in [0, 0.1) is 0 Å². The van der Waals surface area contributed by atoms with Gasteiger partial charge in [0.05, 0.1) is 6.04 Å². The summed E-state index contributed by atoms with van der Waals surface area (Å²) in [6.07, 6.45) is 6.17. The van der Waals surface area contributed by atoms with Gasteiger partial charge in [0.1, 0.15) is 5.82 Å². The van der Waals surface area contributed by atoms with Gasteiger partial charge in [-0.05, 0) is 19.9 Å². The molecule has 0 saturated carbocycles. The molecule has 13 heavy (non-hydrogen) atoms. The van der Waals surface area contributed by atoms with Gasteiger partial charge in [-0.25, -0.2) is 4.98 Å². The minimum atomic E-state index is 0.390. The molecule has 0 amide bonds. The third kappa shape index (κ3) is 2.31. The van der Waals surface area contributed by atoms with Crippen LogP contribution in [-0.2, 0) is 6.54 Å². The lowest BCUT2D eigenvalue weighted by Crippen LogP contribution is -2.20. The number of rotatable bonds is 5. The van der Waals surface area contributed by atoms with Crippen molar-refractivity contribution in [3.63, 3.8) is 0 Å². The van der Waals surface area contributed by atoms with Crippen molar-refractivity contribution < 1.29 is 0 Å². The summed E-state index contributed by atoms with van der Waals surface area (Å²) in [7, 11) is 1.99. The van der Waals surface area contributed by atoms with E-state index in [1.54, 1.807) is 0 Å². The van der Waals surface area contributed by atoms with Crippen LogP contribution in [0.25, 0.3) is 0 Å². The quantitative estimate of drug-likeness (QED) is 0.752. The predicted octanol–water partition coefficient (Wildman–Crippen LogP) is 1.96. The van der Waals surface area contributed by atoms with Gasteiger partial charge < -0.3 is 9.88 Å². The first-order valence-electron chi connectivity index (χ1n) is 5.01. The van der Waals surface area contributed by atoms with Crippen LogP contribution >= 0.6 is 0 Å². The number of hydrogen-bond donors (Lipinski definition) is 1. The third-order valence-electron chi connectivity index (χ3n) is 2.28. The lowest BCUT2D eigenvalue weighted by Gasteiger charge is -2.15. The van der Waals surface area contributed by atoms with E-state index in [9.17, 15) is 0 Å². The Morgan fingerprint density at radius 2 is 2.31 bits per heavy atom. The van der Waals surface area contributed by atoms with Crippen LogP contribution in [0.2, 0.25) is 0 Å². The average Bonchev–Trinajstić information content (AvgIpc) is 2.57. The Morgan fingerprint density at radius 1 is 1.54 bits per heavy atom. The average molecular weight is 181 g/mol. The Bertz CT molecular complexity index is 238. The fraction of sp³-hybridized carbons (Fsp3) is 0.700. The maximum Gasteiger partial charge on any atom is 0.125 e. The van der Waals surface area contributed by atoms with Gasteiger partial charge in [0, 0.05) is 18.9 Å². The highest BCUT2D eigenvalue weighted by atomic mass is 15.1. The minimum Gasteiger partial charge on any atom is -0.334 e. The Labute approximate surface area is 80.2 Å². The van der Waals surface area contributed by atoms with Crippen molar-refractivity contribution >= 4 is 0 Å². The van der Waals surface area contributed by atoms with E-state index in [0.29, 0.717) is 6.04 Å². The minimum absolute atomic E-state index is 0.390. The van der Waals surface area contributed by atoms with Crippen molar-refractivity contribution in [2.24, 2.45) is 0 Å². The van der Waals surface area contributed by atoms with E-state index in [4.69, 9.17) is 0 Å². The smallest absolute Gasteiger partial charge is 0.125 e. The van der Waals surface area contributed by atoms with Crippen molar-refractivity contribution in [3.05, 3.63) is 18.2 Å². The highest BCUT2D eigenvalue weighted by Crippen LogP contribution is 2.13. The fourth-order valence-electron chi connectivity index (χ4n) is 1.58. The van der Waals surface area contributed by atoms with Gasteiger partial charge in [0.25, 0.3) is 0 Å². The number of nitrogens with one attached hydrogen (secondary N) is 1. The molecule has 0 aliphatic heterocycles. The largest absolute Gasteiger partial charge is 0.334 e. The molecule has 0 aliphatic rings. The van der Waals surface area contributed by atoms with Gasteiger partial charge in [-0.1, -0.05) is 13.8 Å². The number of nitrogens with zero attached hydrogens (tertiary/aromatic N) is 2. The first kappa shape index (κ1) is 10.3. The summed E-state index contributed by atoms with van der Waals surface area (Å²) in [6.45, 7) is 5.42. The summed E-state index contributed by atoms with van der Waals surface area (Å²) in [5.74, 6) is 1.16. The van der Waals surface area contributed by atoms with Gasteiger partial charge in [-0.2, -0.15) is 0 Å². The molecule has 3 heteroatoms. The molecule has 0 fully saturated rings. The molecule has 1 rings (SSSR count). The summed E-state index contributed by atoms with van der Waals surface area (Å²) in [5, 5.41) is 3.27. The lowest BCUT2D eigenvalue weighted by atomic mass is 10.2. The molecule has 0 aliphatic carbocycles. The molecule has 1 unspecified atom stereocenters. The van der Waals surface area contributed by atoms with Gasteiger partial charge in [0.15, 0.2) is 0 Å². The first-order valence-corrected chi connectivity index (χ1v) is 5.01. The van der Waals surface area contributed by atoms with Crippen molar-refractivity contribution in [2.45, 2.75) is 39.3 Å². The van der Waals surface area contributed by atoms with E-state index in [1.165, 1.54) is 0 Å². The van der Waals surface area contributed by atoms with Gasteiger partial charge in [0.2, 0.25) is 0 Å². The van der Waals surface area contributed by atoms with Gasteiger partial charge in [-0.3, -0.25) is 0 Å². The maximum absolute atomic E-state index is 4.38. The fourth-order valence-corrected chi connectivity index (χ4v) is 1.58. The molecule has 0 saturated heterocycles. The number of imidazole rings is 1. The Balaban J connectivity index is 2.78. The van der Waals surface area contributed by atoms with E-state index < -0.39 is 0 Å². The Morgan fingerprint density at radius 3 is 2.85 bits per heavy atom. The van der Waals surface area contributed by atoms with Crippen LogP contribution in [0.1, 0.15) is 38.6 Å². The van der Waals surface area contributed by atoms with Crippen LogP contribution in [0.5, 0.6) is 0 Å². The summed E-state index contributed by atoms with van der Waals surface area (Å²) >= 11 is 0. The molecule has 0 aromatic carbocycles. The normalized spacial score (nSPS) is 13.2. The number of aromatic nitrogens is 2. The van der Waals surface area contributed by atoms with E-state index >= 15 is 0 Å². The third-order valence-corrected chi connectivity index (χ3v) is 2.28. The van der Waals surface area contributed by atoms with Crippen LogP contribution in [0.4, 0.5) is 0 Å². The number of hydrogen-bond acceptors (Lipinski definition) is 2. The SMILES string of the molecule is CCCn1ccnc1C(CC)NC. The number of aryl methyl sites for hydroxylation is 1. The molecule has 1 atom stereocenters. The zero-order valence-electron chi connectivity index (χ0n) is 8.75. The van der Waals surface area contributed by atoms with E-state index in [0.717, 1.165) is 25.2 Å². The molecule has 74 valence electrons. The molecule has 1 aromatic heterocycles. The molecule has 3 nitrogen and oxygen atoms in total. The summed E-state index contributed by atoms with van der Waals surface area (Å²) in [4.78, 5) is 4.38. The van der Waals surface area contributed by atoms with E-state index in [2.05, 4.69) is 34.9 Å². The summed E-state index contributed by atoms with van der Waals surface area (Å²) in [5.41, 5.74) is 0. The second-order valence-corrected chi connectivity index (χ2v) is 3.23.